The highest BCUT2D eigenvalue weighted by atomic mass is 19.4. The van der Waals surface area contributed by atoms with Crippen molar-refractivity contribution >= 4 is 10.9 Å². The number of H-pyrrole nitrogens is 1. The number of alkyl halides is 3. The quantitative estimate of drug-likeness (QED) is 0.365. The fourth-order valence-corrected chi connectivity index (χ4v) is 4.78. The molecule has 1 aliphatic rings. The second kappa shape index (κ2) is 7.58. The first-order valence-corrected chi connectivity index (χ1v) is 11.1. The molecule has 0 bridgehead atoms. The minimum absolute atomic E-state index is 0.256. The van der Waals surface area contributed by atoms with E-state index in [1.54, 1.807) is 23.1 Å². The van der Waals surface area contributed by atoms with Crippen LogP contribution in [0, 0.1) is 6.92 Å². The largest absolute Gasteiger partial charge is 0.416 e. The molecular formula is C25H21F3N6. The van der Waals surface area contributed by atoms with E-state index in [1.165, 1.54) is 6.07 Å². The molecule has 0 saturated carbocycles. The lowest BCUT2D eigenvalue weighted by Crippen LogP contribution is -2.21. The summed E-state index contributed by atoms with van der Waals surface area (Å²) in [7, 11) is 0. The number of hydrogen-bond acceptors (Lipinski definition) is 3. The van der Waals surface area contributed by atoms with E-state index in [1.807, 2.05) is 35.9 Å². The number of imidazole rings is 1. The number of rotatable bonds is 3. The number of halogens is 3. The van der Waals surface area contributed by atoms with Gasteiger partial charge in [-0.05, 0) is 55.7 Å². The monoisotopic (exact) mass is 462 g/mol. The number of hydrogen-bond donors (Lipinski definition) is 1. The van der Waals surface area contributed by atoms with Gasteiger partial charge >= 0.3 is 6.18 Å². The first kappa shape index (κ1) is 20.7. The molecule has 4 heterocycles. The van der Waals surface area contributed by atoms with Crippen molar-refractivity contribution in [1.82, 2.24) is 29.3 Å². The summed E-state index contributed by atoms with van der Waals surface area (Å²) in [6.07, 6.45) is 0.662. The maximum atomic E-state index is 13.7. The van der Waals surface area contributed by atoms with E-state index in [0.717, 1.165) is 40.5 Å². The van der Waals surface area contributed by atoms with E-state index in [0.29, 0.717) is 24.6 Å². The topological polar surface area (TPSA) is 64.3 Å². The molecule has 172 valence electrons. The van der Waals surface area contributed by atoms with Gasteiger partial charge in [-0.2, -0.15) is 13.2 Å². The minimum atomic E-state index is -4.41. The lowest BCUT2D eigenvalue weighted by Gasteiger charge is -2.25. The summed E-state index contributed by atoms with van der Waals surface area (Å²) in [5.41, 5.74) is 3.24. The summed E-state index contributed by atoms with van der Waals surface area (Å²) in [6, 6.07) is 13.8. The van der Waals surface area contributed by atoms with Crippen LogP contribution >= 0.6 is 0 Å². The van der Waals surface area contributed by atoms with Gasteiger partial charge in [0.15, 0.2) is 5.82 Å². The number of fused-ring (bicyclic) bond motifs is 2. The summed E-state index contributed by atoms with van der Waals surface area (Å²) < 4.78 is 44.7. The molecule has 0 fully saturated rings. The van der Waals surface area contributed by atoms with E-state index in [-0.39, 0.29) is 5.56 Å². The van der Waals surface area contributed by atoms with Gasteiger partial charge in [-0.15, -0.1) is 5.10 Å². The van der Waals surface area contributed by atoms with Crippen molar-refractivity contribution in [3.63, 3.8) is 0 Å². The Bertz CT molecular complexity index is 1510. The van der Waals surface area contributed by atoms with Crippen molar-refractivity contribution in [3.8, 4) is 17.2 Å². The van der Waals surface area contributed by atoms with Gasteiger partial charge in [0, 0.05) is 35.2 Å². The van der Waals surface area contributed by atoms with Gasteiger partial charge in [0.05, 0.1) is 23.3 Å². The lowest BCUT2D eigenvalue weighted by atomic mass is 9.88. The Hall–Kier alpha value is -3.88. The van der Waals surface area contributed by atoms with Gasteiger partial charge in [0.1, 0.15) is 5.82 Å². The molecule has 5 aromatic rings. The van der Waals surface area contributed by atoms with Crippen molar-refractivity contribution in [1.29, 1.82) is 0 Å². The van der Waals surface area contributed by atoms with Crippen LogP contribution in [0.15, 0.2) is 61.1 Å². The molecule has 0 radical (unpaired) electrons. The zero-order chi connectivity index (χ0) is 23.4. The fraction of sp³-hybridized carbons (Fsp3) is 0.240. The van der Waals surface area contributed by atoms with E-state index in [2.05, 4.69) is 21.1 Å². The number of aromatic nitrogens is 6. The number of nitrogens with one attached hydrogen (secondary N) is 1. The molecule has 0 saturated heterocycles. The molecule has 1 unspecified atom stereocenters. The smallest absolute Gasteiger partial charge is 0.352 e. The van der Waals surface area contributed by atoms with Crippen LogP contribution in [0.3, 0.4) is 0 Å². The molecule has 9 heteroatoms. The molecule has 0 amide bonds. The zero-order valence-corrected chi connectivity index (χ0v) is 18.3. The van der Waals surface area contributed by atoms with Crippen molar-refractivity contribution < 1.29 is 13.2 Å². The number of nitrogens with zero attached hydrogens (tertiary/aromatic N) is 5. The van der Waals surface area contributed by atoms with E-state index < -0.39 is 17.7 Å². The van der Waals surface area contributed by atoms with Crippen LogP contribution in [0.5, 0.6) is 0 Å². The van der Waals surface area contributed by atoms with Crippen molar-refractivity contribution in [2.75, 3.05) is 0 Å². The third kappa shape index (κ3) is 3.48. The zero-order valence-electron chi connectivity index (χ0n) is 18.3. The standard InChI is InChI=1S/C25H21F3N6/c1-15-13-33(14-29-15)17-8-9-21-16(11-17)12-22(30-21)23-31-24-19(6-4-10-34(24)32-23)18-5-2-3-7-20(18)25(26,27)28/h2-3,5,7-9,11-14,19,30H,4,6,10H2,1H3. The molecular weight excluding hydrogens is 441 g/mol. The van der Waals surface area contributed by atoms with Crippen LogP contribution in [-0.4, -0.2) is 29.3 Å². The number of benzene rings is 2. The lowest BCUT2D eigenvalue weighted by molar-refractivity contribution is -0.138. The predicted molar refractivity (Wildman–Crippen MR) is 122 cm³/mol. The summed E-state index contributed by atoms with van der Waals surface area (Å²) in [5, 5.41) is 5.64. The molecule has 1 atom stereocenters. The van der Waals surface area contributed by atoms with E-state index in [9.17, 15) is 13.2 Å². The summed E-state index contributed by atoms with van der Waals surface area (Å²) >= 11 is 0. The molecule has 1 N–H and O–H groups in total. The Morgan fingerprint density at radius 2 is 1.94 bits per heavy atom. The van der Waals surface area contributed by atoms with Crippen LogP contribution < -0.4 is 0 Å². The first-order chi connectivity index (χ1) is 16.4. The Kier molecular flexibility index (Phi) is 4.62. The highest BCUT2D eigenvalue weighted by Crippen LogP contribution is 2.41. The van der Waals surface area contributed by atoms with Crippen LogP contribution in [0.4, 0.5) is 13.2 Å². The molecule has 0 aliphatic carbocycles. The second-order valence-corrected chi connectivity index (χ2v) is 8.67. The average molecular weight is 462 g/mol. The highest BCUT2D eigenvalue weighted by molar-refractivity contribution is 5.86. The summed E-state index contributed by atoms with van der Waals surface area (Å²) in [6.45, 7) is 2.58. The first-order valence-electron chi connectivity index (χ1n) is 11.1. The summed E-state index contributed by atoms with van der Waals surface area (Å²) in [5.74, 6) is 0.613. The fourth-order valence-electron chi connectivity index (χ4n) is 4.78. The second-order valence-electron chi connectivity index (χ2n) is 8.67. The maximum absolute atomic E-state index is 13.7. The van der Waals surface area contributed by atoms with Gasteiger partial charge in [-0.3, -0.25) is 0 Å². The third-order valence-electron chi connectivity index (χ3n) is 6.37. The molecule has 6 nitrogen and oxygen atoms in total. The maximum Gasteiger partial charge on any atom is 0.416 e. The normalized spacial score (nSPS) is 16.2. The van der Waals surface area contributed by atoms with Crippen LogP contribution in [0.1, 0.15) is 41.4 Å². The van der Waals surface area contributed by atoms with Gasteiger partial charge < -0.3 is 9.55 Å². The van der Waals surface area contributed by atoms with Crippen molar-refractivity contribution in [2.24, 2.45) is 0 Å². The third-order valence-corrected chi connectivity index (χ3v) is 6.37. The molecule has 0 spiro atoms. The molecule has 3 aromatic heterocycles. The van der Waals surface area contributed by atoms with E-state index >= 15 is 0 Å². The average Bonchev–Trinajstić information content (AvgIpc) is 3.55. The van der Waals surface area contributed by atoms with Gasteiger partial charge in [-0.1, -0.05) is 18.2 Å². The van der Waals surface area contributed by atoms with Crippen molar-refractivity contribution in [3.05, 3.63) is 83.7 Å². The van der Waals surface area contributed by atoms with Crippen LogP contribution in [0.2, 0.25) is 0 Å². The Balaban J connectivity index is 1.39. The van der Waals surface area contributed by atoms with Crippen LogP contribution in [-0.2, 0) is 12.7 Å². The Morgan fingerprint density at radius 3 is 2.74 bits per heavy atom. The minimum Gasteiger partial charge on any atom is -0.352 e. The summed E-state index contributed by atoms with van der Waals surface area (Å²) in [4.78, 5) is 12.3. The molecule has 6 rings (SSSR count). The van der Waals surface area contributed by atoms with Gasteiger partial charge in [-0.25, -0.2) is 14.6 Å². The number of aromatic amines is 1. The predicted octanol–water partition coefficient (Wildman–Crippen LogP) is 5.87. The van der Waals surface area contributed by atoms with Gasteiger partial charge in [0.2, 0.25) is 0 Å². The SMILES string of the molecule is Cc1cn(-c2ccc3[nH]c(-c4nc5n(n4)CCCC5c4ccccc4C(F)(F)F)cc3c2)cn1. The Labute approximate surface area is 193 Å². The van der Waals surface area contributed by atoms with E-state index in [4.69, 9.17) is 4.98 Å². The van der Waals surface area contributed by atoms with Crippen LogP contribution in [0.25, 0.3) is 28.1 Å². The van der Waals surface area contributed by atoms with Gasteiger partial charge in [0.25, 0.3) is 0 Å². The highest BCUT2D eigenvalue weighted by Gasteiger charge is 2.37. The molecule has 2 aromatic carbocycles. The molecule has 1 aliphatic heterocycles. The van der Waals surface area contributed by atoms with Crippen molar-refractivity contribution in [2.45, 2.75) is 38.4 Å². The number of aryl methyl sites for hydroxylation is 2. The Morgan fingerprint density at radius 1 is 1.09 bits per heavy atom. The molecule has 34 heavy (non-hydrogen) atoms.